The van der Waals surface area contributed by atoms with Gasteiger partial charge in [-0.2, -0.15) is 0 Å². The van der Waals surface area contributed by atoms with Crippen LogP contribution in [0.25, 0.3) is 0 Å². The highest BCUT2D eigenvalue weighted by atomic mass is 16.1. The molecular weight excluding hydrogens is 274 g/mol. The third-order valence-corrected chi connectivity index (χ3v) is 4.76. The van der Waals surface area contributed by atoms with Crippen LogP contribution in [0.5, 0.6) is 0 Å². The van der Waals surface area contributed by atoms with E-state index in [2.05, 4.69) is 41.2 Å². The molecule has 2 rings (SSSR count). The summed E-state index contributed by atoms with van der Waals surface area (Å²) in [4.78, 5) is 18.7. The first-order valence-electron chi connectivity index (χ1n) is 8.64. The third kappa shape index (κ3) is 5.09. The zero-order valence-electron chi connectivity index (χ0n) is 13.9. The predicted molar refractivity (Wildman–Crippen MR) is 89.6 cm³/mol. The second-order valence-corrected chi connectivity index (χ2v) is 6.24. The van der Waals surface area contributed by atoms with E-state index in [9.17, 15) is 4.79 Å². The molecule has 0 radical (unpaired) electrons. The van der Waals surface area contributed by atoms with Crippen molar-refractivity contribution in [1.29, 1.82) is 0 Å². The van der Waals surface area contributed by atoms with Gasteiger partial charge in [0.25, 0.3) is 0 Å². The molecule has 2 heterocycles. The molecule has 22 heavy (non-hydrogen) atoms. The molecule has 4 nitrogen and oxygen atoms in total. The molecule has 1 aliphatic rings. The number of pyridine rings is 1. The van der Waals surface area contributed by atoms with Crippen LogP contribution in [0.15, 0.2) is 24.5 Å². The van der Waals surface area contributed by atoms with Crippen molar-refractivity contribution in [3.63, 3.8) is 0 Å². The summed E-state index contributed by atoms with van der Waals surface area (Å²) in [5.41, 5.74) is 1.35. The van der Waals surface area contributed by atoms with Crippen molar-refractivity contribution in [3.05, 3.63) is 30.1 Å². The first-order chi connectivity index (χ1) is 10.7. The zero-order chi connectivity index (χ0) is 15.8. The van der Waals surface area contributed by atoms with Gasteiger partial charge in [-0.25, -0.2) is 0 Å². The second-order valence-electron chi connectivity index (χ2n) is 6.24. The number of nitrogens with one attached hydrogen (secondary N) is 1. The van der Waals surface area contributed by atoms with Crippen molar-refractivity contribution in [1.82, 2.24) is 15.2 Å². The molecule has 0 spiro atoms. The maximum absolute atomic E-state index is 12.1. The highest BCUT2D eigenvalue weighted by Crippen LogP contribution is 2.14. The monoisotopic (exact) mass is 303 g/mol. The van der Waals surface area contributed by atoms with Gasteiger partial charge in [0, 0.05) is 44.0 Å². The van der Waals surface area contributed by atoms with Gasteiger partial charge in [0.15, 0.2) is 0 Å². The van der Waals surface area contributed by atoms with Crippen LogP contribution < -0.4 is 5.32 Å². The molecule has 0 atom stereocenters. The van der Waals surface area contributed by atoms with Crippen LogP contribution in [0.4, 0.5) is 0 Å². The van der Waals surface area contributed by atoms with Crippen LogP contribution in [-0.4, -0.2) is 41.5 Å². The van der Waals surface area contributed by atoms with Gasteiger partial charge in [-0.3, -0.25) is 9.78 Å². The maximum Gasteiger partial charge on any atom is 0.223 e. The van der Waals surface area contributed by atoms with Crippen molar-refractivity contribution in [2.75, 3.05) is 19.6 Å². The number of hydrogen-bond donors (Lipinski definition) is 1. The molecule has 0 unspecified atom stereocenters. The SMILES string of the molecule is CCC(CC)C(=O)NC1CCN(CCc2ccncc2)CC1. The molecule has 1 aliphatic heterocycles. The quantitative estimate of drug-likeness (QED) is 0.842. The smallest absolute Gasteiger partial charge is 0.223 e. The molecule has 1 aromatic heterocycles. The van der Waals surface area contributed by atoms with Gasteiger partial charge in [-0.1, -0.05) is 13.8 Å². The lowest BCUT2D eigenvalue weighted by Crippen LogP contribution is -2.46. The van der Waals surface area contributed by atoms with Gasteiger partial charge in [0.1, 0.15) is 0 Å². The van der Waals surface area contributed by atoms with E-state index in [0.29, 0.717) is 6.04 Å². The van der Waals surface area contributed by atoms with E-state index in [1.54, 1.807) is 0 Å². The van der Waals surface area contributed by atoms with Crippen LogP contribution in [0.2, 0.25) is 0 Å². The lowest BCUT2D eigenvalue weighted by Gasteiger charge is -2.33. The van der Waals surface area contributed by atoms with E-state index in [0.717, 1.165) is 51.7 Å². The standard InChI is InChI=1S/C18H29N3O/c1-3-16(4-2)18(22)20-17-8-13-21(14-9-17)12-7-15-5-10-19-11-6-15/h5-6,10-11,16-17H,3-4,7-9,12-14H2,1-2H3,(H,20,22). The Morgan fingerprint density at radius 2 is 1.91 bits per heavy atom. The van der Waals surface area contributed by atoms with E-state index < -0.39 is 0 Å². The highest BCUT2D eigenvalue weighted by Gasteiger charge is 2.22. The molecule has 4 heteroatoms. The van der Waals surface area contributed by atoms with Crippen molar-refractivity contribution in [3.8, 4) is 0 Å². The Hall–Kier alpha value is -1.42. The number of piperidine rings is 1. The van der Waals surface area contributed by atoms with Crippen LogP contribution in [0.3, 0.4) is 0 Å². The summed E-state index contributed by atoms with van der Waals surface area (Å²) in [6.45, 7) is 7.44. The van der Waals surface area contributed by atoms with Crippen molar-refractivity contribution >= 4 is 5.91 Å². The lowest BCUT2D eigenvalue weighted by atomic mass is 9.99. The number of rotatable bonds is 7. The normalized spacial score (nSPS) is 16.9. The Labute approximate surface area is 134 Å². The van der Waals surface area contributed by atoms with Gasteiger partial charge in [-0.05, 0) is 49.8 Å². The summed E-state index contributed by atoms with van der Waals surface area (Å²) in [6.07, 6.45) is 8.81. The Bertz CT molecular complexity index is 437. The Morgan fingerprint density at radius 3 is 2.50 bits per heavy atom. The molecular formula is C18H29N3O. The maximum atomic E-state index is 12.1. The van der Waals surface area contributed by atoms with E-state index >= 15 is 0 Å². The number of carbonyl (C=O) groups excluding carboxylic acids is 1. The van der Waals surface area contributed by atoms with Gasteiger partial charge in [0.2, 0.25) is 5.91 Å². The summed E-state index contributed by atoms with van der Waals surface area (Å²) in [5, 5.41) is 3.24. The topological polar surface area (TPSA) is 45.2 Å². The fourth-order valence-corrected chi connectivity index (χ4v) is 3.12. The van der Waals surface area contributed by atoms with Gasteiger partial charge in [-0.15, -0.1) is 0 Å². The predicted octanol–water partition coefficient (Wildman–Crippen LogP) is 2.64. The molecule has 122 valence electrons. The molecule has 1 saturated heterocycles. The van der Waals surface area contributed by atoms with Crippen molar-refractivity contribution in [2.45, 2.75) is 52.0 Å². The zero-order valence-corrected chi connectivity index (χ0v) is 13.9. The number of likely N-dealkylation sites (tertiary alicyclic amines) is 1. The minimum atomic E-state index is 0.185. The van der Waals surface area contributed by atoms with Crippen LogP contribution in [0, 0.1) is 5.92 Å². The van der Waals surface area contributed by atoms with Gasteiger partial charge < -0.3 is 10.2 Å². The van der Waals surface area contributed by atoms with Crippen LogP contribution in [0.1, 0.15) is 45.1 Å². The molecule has 0 bridgehead atoms. The molecule has 1 fully saturated rings. The lowest BCUT2D eigenvalue weighted by molar-refractivity contribution is -0.126. The summed E-state index contributed by atoms with van der Waals surface area (Å²) in [5.74, 6) is 0.435. The molecule has 1 N–H and O–H groups in total. The van der Waals surface area contributed by atoms with E-state index in [1.807, 2.05) is 12.4 Å². The fraction of sp³-hybridized carbons (Fsp3) is 0.667. The second kappa shape index (κ2) is 8.89. The van der Waals surface area contributed by atoms with Crippen LogP contribution in [-0.2, 0) is 11.2 Å². The van der Waals surface area contributed by atoms with Gasteiger partial charge >= 0.3 is 0 Å². The van der Waals surface area contributed by atoms with E-state index in [4.69, 9.17) is 0 Å². The summed E-state index contributed by atoms with van der Waals surface area (Å²) in [6, 6.07) is 4.54. The van der Waals surface area contributed by atoms with Gasteiger partial charge in [0.05, 0.1) is 0 Å². The van der Waals surface area contributed by atoms with Crippen molar-refractivity contribution < 1.29 is 4.79 Å². The molecule has 0 saturated carbocycles. The Morgan fingerprint density at radius 1 is 1.27 bits per heavy atom. The number of aromatic nitrogens is 1. The number of amides is 1. The summed E-state index contributed by atoms with van der Waals surface area (Å²) in [7, 11) is 0. The molecule has 1 aromatic rings. The largest absolute Gasteiger partial charge is 0.353 e. The fourth-order valence-electron chi connectivity index (χ4n) is 3.12. The van der Waals surface area contributed by atoms with Crippen LogP contribution >= 0.6 is 0 Å². The number of nitrogens with zero attached hydrogens (tertiary/aromatic N) is 2. The first-order valence-corrected chi connectivity index (χ1v) is 8.64. The average Bonchev–Trinajstić information content (AvgIpc) is 2.56. The van der Waals surface area contributed by atoms with E-state index in [-0.39, 0.29) is 11.8 Å². The molecule has 1 amide bonds. The summed E-state index contributed by atoms with van der Waals surface area (Å²) < 4.78 is 0. The minimum absolute atomic E-state index is 0.185. The Balaban J connectivity index is 1.68. The third-order valence-electron chi connectivity index (χ3n) is 4.76. The minimum Gasteiger partial charge on any atom is -0.353 e. The number of carbonyl (C=O) groups is 1. The molecule has 0 aromatic carbocycles. The Kier molecular flexibility index (Phi) is 6.84. The summed E-state index contributed by atoms with van der Waals surface area (Å²) >= 11 is 0. The van der Waals surface area contributed by atoms with Crippen molar-refractivity contribution in [2.24, 2.45) is 5.92 Å². The van der Waals surface area contributed by atoms with E-state index in [1.165, 1.54) is 5.56 Å². The highest BCUT2D eigenvalue weighted by molar-refractivity contribution is 5.78. The molecule has 0 aliphatic carbocycles. The number of hydrogen-bond acceptors (Lipinski definition) is 3. The first kappa shape index (κ1) is 16.9. The average molecular weight is 303 g/mol.